The Hall–Kier alpha value is -4.05. The number of benzene rings is 2. The molecule has 11 heteroatoms. The zero-order valence-corrected chi connectivity index (χ0v) is 23.6. The molecule has 0 aliphatic rings. The number of hydrogen-bond acceptors (Lipinski definition) is 8. The van der Waals surface area contributed by atoms with Crippen molar-refractivity contribution < 1.29 is 34.2 Å². The zero-order valence-electron chi connectivity index (χ0n) is 22.1. The van der Waals surface area contributed by atoms with Crippen molar-refractivity contribution in [1.29, 1.82) is 0 Å². The average Bonchev–Trinajstić information content (AvgIpc) is 2.97. The van der Waals surface area contributed by atoms with Crippen molar-refractivity contribution in [3.63, 3.8) is 0 Å². The van der Waals surface area contributed by atoms with Gasteiger partial charge in [-0.05, 0) is 35.4 Å². The SMILES string of the molecule is COc1ccncc1NCc1ccc(C(=O)O[C@@H](Cc2c(Cl)c[nH+]cc2Cl)c2ccc(OC)c(OC)c2)cc1.[OH-]. The molecule has 0 aliphatic heterocycles. The molecule has 0 spiro atoms. The van der Waals surface area contributed by atoms with Gasteiger partial charge in [0.15, 0.2) is 23.9 Å². The molecule has 1 atom stereocenters. The Balaban J connectivity index is 0.00000441. The van der Waals surface area contributed by atoms with Gasteiger partial charge < -0.3 is 29.7 Å². The van der Waals surface area contributed by atoms with Gasteiger partial charge in [-0.2, -0.15) is 0 Å². The quantitative estimate of drug-likeness (QED) is 0.219. The van der Waals surface area contributed by atoms with Gasteiger partial charge in [0.2, 0.25) is 0 Å². The molecule has 210 valence electrons. The number of esters is 1. The van der Waals surface area contributed by atoms with Gasteiger partial charge in [-0.25, -0.2) is 9.78 Å². The lowest BCUT2D eigenvalue weighted by Gasteiger charge is -2.20. The number of rotatable bonds is 11. The molecular formula is C29H29Cl2N3O6. The molecule has 2 heterocycles. The third-order valence-corrected chi connectivity index (χ3v) is 6.76. The summed E-state index contributed by atoms with van der Waals surface area (Å²) in [5.41, 5.74) is 3.50. The van der Waals surface area contributed by atoms with E-state index in [-0.39, 0.29) is 11.9 Å². The predicted molar refractivity (Wildman–Crippen MR) is 151 cm³/mol. The van der Waals surface area contributed by atoms with Gasteiger partial charge in [-0.3, -0.25) is 4.98 Å². The van der Waals surface area contributed by atoms with E-state index < -0.39 is 12.1 Å². The Kier molecular flexibility index (Phi) is 11.0. The maximum atomic E-state index is 13.2. The minimum absolute atomic E-state index is 0. The van der Waals surface area contributed by atoms with Crippen molar-refractivity contribution in [2.75, 3.05) is 26.6 Å². The van der Waals surface area contributed by atoms with Crippen molar-refractivity contribution in [1.82, 2.24) is 4.98 Å². The molecule has 0 unspecified atom stereocenters. The highest BCUT2D eigenvalue weighted by molar-refractivity contribution is 6.35. The number of halogens is 2. The van der Waals surface area contributed by atoms with Gasteiger partial charge in [0.05, 0.1) is 38.8 Å². The van der Waals surface area contributed by atoms with Gasteiger partial charge >= 0.3 is 5.97 Å². The first-order valence-corrected chi connectivity index (χ1v) is 12.8. The summed E-state index contributed by atoms with van der Waals surface area (Å²) in [6.45, 7) is 0.521. The normalized spacial score (nSPS) is 11.1. The molecule has 0 aliphatic carbocycles. The fourth-order valence-electron chi connectivity index (χ4n) is 3.98. The summed E-state index contributed by atoms with van der Waals surface area (Å²) in [4.78, 5) is 20.3. The van der Waals surface area contributed by atoms with Gasteiger partial charge in [0.1, 0.15) is 21.9 Å². The highest BCUT2D eigenvalue weighted by Crippen LogP contribution is 2.35. The van der Waals surface area contributed by atoms with Crippen LogP contribution in [0.1, 0.15) is 33.2 Å². The molecule has 2 aromatic heterocycles. The number of aromatic amines is 1. The van der Waals surface area contributed by atoms with Crippen molar-refractivity contribution in [2.24, 2.45) is 0 Å². The monoisotopic (exact) mass is 585 g/mol. The summed E-state index contributed by atoms with van der Waals surface area (Å²) in [6.07, 6.45) is 6.17. The Morgan fingerprint density at radius 2 is 1.60 bits per heavy atom. The largest absolute Gasteiger partial charge is 0.870 e. The molecule has 40 heavy (non-hydrogen) atoms. The number of pyridine rings is 2. The molecule has 9 nitrogen and oxygen atoms in total. The fourth-order valence-corrected chi connectivity index (χ4v) is 4.52. The van der Waals surface area contributed by atoms with E-state index in [0.29, 0.717) is 50.5 Å². The van der Waals surface area contributed by atoms with E-state index in [1.54, 1.807) is 76.4 Å². The van der Waals surface area contributed by atoms with Gasteiger partial charge in [0.25, 0.3) is 0 Å². The molecule has 0 fully saturated rings. The number of ether oxygens (including phenoxy) is 4. The Labute approximate surface area is 242 Å². The van der Waals surface area contributed by atoms with Gasteiger partial charge in [-0.15, -0.1) is 0 Å². The standard InChI is InChI=1S/C29H27Cl2N3O5.H2O/c1-36-25-10-11-32-17-24(25)34-14-18-4-6-19(7-5-18)29(35)39-27(13-21-22(30)15-33-16-23(21)31)20-8-9-26(37-2)28(12-20)38-3;/h4-12,15-17,27,34H,13-14H2,1-3H3;1H2/t27-;/m0./s1. The van der Waals surface area contributed by atoms with E-state index in [9.17, 15) is 4.79 Å². The van der Waals surface area contributed by atoms with Gasteiger partial charge in [0, 0.05) is 30.8 Å². The smallest absolute Gasteiger partial charge is 0.338 e. The van der Waals surface area contributed by atoms with Crippen molar-refractivity contribution >= 4 is 34.9 Å². The van der Waals surface area contributed by atoms with Gasteiger partial charge in [-0.1, -0.05) is 41.4 Å². The van der Waals surface area contributed by atoms with Crippen molar-refractivity contribution in [3.8, 4) is 17.2 Å². The second-order valence-corrected chi connectivity index (χ2v) is 9.28. The summed E-state index contributed by atoms with van der Waals surface area (Å²) >= 11 is 12.8. The summed E-state index contributed by atoms with van der Waals surface area (Å²) in [5, 5.41) is 4.16. The van der Waals surface area contributed by atoms with Crippen LogP contribution in [-0.4, -0.2) is 37.8 Å². The van der Waals surface area contributed by atoms with Crippen LogP contribution in [0.15, 0.2) is 73.3 Å². The van der Waals surface area contributed by atoms with Crippen LogP contribution in [-0.2, 0) is 17.7 Å². The Bertz CT molecular complexity index is 1420. The summed E-state index contributed by atoms with van der Waals surface area (Å²) in [5.74, 6) is 1.28. The second-order valence-electron chi connectivity index (χ2n) is 8.47. The number of H-pyrrole nitrogens is 1. The maximum absolute atomic E-state index is 13.2. The highest BCUT2D eigenvalue weighted by atomic mass is 35.5. The lowest BCUT2D eigenvalue weighted by Crippen LogP contribution is -2.16. The summed E-state index contributed by atoms with van der Waals surface area (Å²) < 4.78 is 22.2. The number of nitrogens with one attached hydrogen (secondary N) is 2. The second kappa shape index (κ2) is 14.4. The fraction of sp³-hybridized carbons (Fsp3) is 0.207. The summed E-state index contributed by atoms with van der Waals surface area (Å²) in [6, 6.07) is 14.3. The molecule has 4 rings (SSSR count). The molecule has 3 N–H and O–H groups in total. The van der Waals surface area contributed by atoms with Crippen LogP contribution in [0, 0.1) is 0 Å². The van der Waals surface area contributed by atoms with Crippen LogP contribution in [0.2, 0.25) is 10.0 Å². The number of nitrogens with zero attached hydrogens (tertiary/aromatic N) is 1. The van der Waals surface area contributed by atoms with E-state index >= 15 is 0 Å². The molecule has 0 bridgehead atoms. The van der Waals surface area contributed by atoms with Crippen LogP contribution >= 0.6 is 23.2 Å². The molecule has 0 saturated heterocycles. The topological polar surface area (TPSA) is 123 Å². The Morgan fingerprint density at radius 3 is 2.25 bits per heavy atom. The molecular weight excluding hydrogens is 557 g/mol. The minimum Gasteiger partial charge on any atom is -0.870 e. The third kappa shape index (κ3) is 7.32. The van der Waals surface area contributed by atoms with Crippen LogP contribution in [0.3, 0.4) is 0 Å². The summed E-state index contributed by atoms with van der Waals surface area (Å²) in [7, 11) is 4.71. The van der Waals surface area contributed by atoms with E-state index in [4.69, 9.17) is 42.1 Å². The molecule has 0 saturated carbocycles. The number of anilines is 1. The number of aromatic nitrogens is 2. The van der Waals surface area contributed by atoms with Crippen molar-refractivity contribution in [2.45, 2.75) is 19.1 Å². The molecule has 0 radical (unpaired) electrons. The predicted octanol–water partition coefficient (Wildman–Crippen LogP) is 5.80. The number of carbonyl (C=O) groups is 1. The average molecular weight is 586 g/mol. The highest BCUT2D eigenvalue weighted by Gasteiger charge is 2.24. The van der Waals surface area contributed by atoms with Crippen LogP contribution in [0.4, 0.5) is 5.69 Å². The van der Waals surface area contributed by atoms with Crippen LogP contribution in [0.25, 0.3) is 0 Å². The Morgan fingerprint density at radius 1 is 0.925 bits per heavy atom. The zero-order chi connectivity index (χ0) is 27.8. The van der Waals surface area contributed by atoms with Crippen LogP contribution < -0.4 is 24.5 Å². The number of methoxy groups -OCH3 is 3. The number of hydrogen-bond donors (Lipinski definition) is 1. The van der Waals surface area contributed by atoms with E-state index in [1.807, 2.05) is 18.2 Å². The van der Waals surface area contributed by atoms with E-state index in [1.165, 1.54) is 0 Å². The first-order chi connectivity index (χ1) is 18.9. The van der Waals surface area contributed by atoms with Crippen LogP contribution in [0.5, 0.6) is 17.2 Å². The molecule has 0 amide bonds. The molecule has 4 aromatic rings. The maximum Gasteiger partial charge on any atom is 0.338 e. The first-order valence-electron chi connectivity index (χ1n) is 12.0. The first kappa shape index (κ1) is 30.5. The minimum atomic E-state index is -0.700. The lowest BCUT2D eigenvalue weighted by molar-refractivity contribution is -0.377. The van der Waals surface area contributed by atoms with Crippen molar-refractivity contribution in [3.05, 3.63) is 106 Å². The number of carbonyl (C=O) groups excluding carboxylic acids is 1. The third-order valence-electron chi connectivity index (χ3n) is 6.09. The molecule has 2 aromatic carbocycles. The van der Waals surface area contributed by atoms with E-state index in [2.05, 4.69) is 15.3 Å². The van der Waals surface area contributed by atoms with E-state index in [0.717, 1.165) is 11.3 Å². The lowest BCUT2D eigenvalue weighted by atomic mass is 10.0.